The van der Waals surface area contributed by atoms with Crippen LogP contribution in [0.1, 0.15) is 23.2 Å². The second-order valence-corrected chi connectivity index (χ2v) is 6.06. The largest absolute Gasteiger partial charge is 0.415 e. The maximum absolute atomic E-state index is 12.2. The van der Waals surface area contributed by atoms with Crippen LogP contribution in [0, 0.1) is 5.92 Å². The van der Waals surface area contributed by atoms with Gasteiger partial charge in [-0.25, -0.2) is 4.79 Å². The molecule has 0 saturated carbocycles. The van der Waals surface area contributed by atoms with Crippen molar-refractivity contribution in [1.82, 2.24) is 15.2 Å². The van der Waals surface area contributed by atoms with Crippen LogP contribution in [0.5, 0.6) is 5.75 Å². The number of aromatic nitrogens is 1. The molecule has 1 aromatic carbocycles. The lowest BCUT2D eigenvalue weighted by Crippen LogP contribution is -2.42. The number of nitrogens with zero attached hydrogens (tertiary/aromatic N) is 2. The number of para-hydroxylation sites is 1. The van der Waals surface area contributed by atoms with E-state index in [0.29, 0.717) is 36.9 Å². The minimum Gasteiger partial charge on any atom is -0.410 e. The summed E-state index contributed by atoms with van der Waals surface area (Å²) in [5.74, 6) is 0.833. The molecule has 25 heavy (non-hydrogen) atoms. The van der Waals surface area contributed by atoms with E-state index in [1.807, 2.05) is 18.2 Å². The number of piperidine rings is 1. The third kappa shape index (κ3) is 4.79. The van der Waals surface area contributed by atoms with Crippen LogP contribution >= 0.6 is 0 Å². The molecule has 6 nitrogen and oxygen atoms in total. The molecule has 0 atom stereocenters. The number of likely N-dealkylation sites (tertiary alicyclic amines) is 1. The SMILES string of the molecule is O=C(NCC1CCN(C(=O)Oc2ccccc2)CC1)c1ccncc1. The summed E-state index contributed by atoms with van der Waals surface area (Å²) in [6.45, 7) is 1.89. The summed E-state index contributed by atoms with van der Waals surface area (Å²) in [5, 5.41) is 2.95. The van der Waals surface area contributed by atoms with Gasteiger partial charge in [-0.15, -0.1) is 0 Å². The standard InChI is InChI=1S/C19H21N3O3/c23-18(16-6-10-20-11-7-16)21-14-15-8-12-22(13-9-15)19(24)25-17-4-2-1-3-5-17/h1-7,10-11,15H,8-9,12-14H2,(H,21,23). The van der Waals surface area contributed by atoms with Crippen LogP contribution in [0.15, 0.2) is 54.9 Å². The Labute approximate surface area is 146 Å². The summed E-state index contributed by atoms with van der Waals surface area (Å²) < 4.78 is 5.36. The summed E-state index contributed by atoms with van der Waals surface area (Å²) in [6.07, 6.45) is 4.59. The molecule has 3 rings (SSSR count). The van der Waals surface area contributed by atoms with Crippen molar-refractivity contribution >= 4 is 12.0 Å². The second kappa shape index (κ2) is 8.28. The average Bonchev–Trinajstić information content (AvgIpc) is 2.68. The van der Waals surface area contributed by atoms with Crippen molar-refractivity contribution in [3.05, 3.63) is 60.4 Å². The number of ether oxygens (including phenoxy) is 1. The Morgan fingerprint density at radius 3 is 2.44 bits per heavy atom. The summed E-state index contributed by atoms with van der Waals surface area (Å²) in [5.41, 5.74) is 0.610. The molecular formula is C19H21N3O3. The molecule has 2 aromatic rings. The van der Waals surface area contributed by atoms with E-state index in [1.54, 1.807) is 41.6 Å². The third-order valence-electron chi connectivity index (χ3n) is 4.31. The van der Waals surface area contributed by atoms with Gasteiger partial charge in [-0.1, -0.05) is 18.2 Å². The molecule has 0 spiro atoms. The van der Waals surface area contributed by atoms with E-state index >= 15 is 0 Å². The smallest absolute Gasteiger partial charge is 0.410 e. The Kier molecular flexibility index (Phi) is 5.61. The second-order valence-electron chi connectivity index (χ2n) is 6.06. The maximum Gasteiger partial charge on any atom is 0.415 e. The molecule has 0 aliphatic carbocycles. The first kappa shape index (κ1) is 17.0. The van der Waals surface area contributed by atoms with Gasteiger partial charge >= 0.3 is 6.09 Å². The molecule has 0 unspecified atom stereocenters. The molecule has 2 heterocycles. The van der Waals surface area contributed by atoms with E-state index in [4.69, 9.17) is 4.74 Å². The van der Waals surface area contributed by atoms with Crippen LogP contribution in [-0.4, -0.2) is 41.5 Å². The Morgan fingerprint density at radius 1 is 1.08 bits per heavy atom. The molecule has 1 aromatic heterocycles. The van der Waals surface area contributed by atoms with E-state index in [9.17, 15) is 9.59 Å². The zero-order valence-electron chi connectivity index (χ0n) is 13.9. The molecule has 1 saturated heterocycles. The lowest BCUT2D eigenvalue weighted by Gasteiger charge is -2.31. The number of carbonyl (C=O) groups excluding carboxylic acids is 2. The first-order chi connectivity index (χ1) is 12.2. The topological polar surface area (TPSA) is 71.5 Å². The number of nitrogens with one attached hydrogen (secondary N) is 1. The summed E-state index contributed by atoms with van der Waals surface area (Å²) in [6, 6.07) is 12.5. The summed E-state index contributed by atoms with van der Waals surface area (Å²) in [7, 11) is 0. The van der Waals surface area contributed by atoms with Crippen LogP contribution in [0.2, 0.25) is 0 Å². The molecule has 1 aliphatic rings. The zero-order chi connectivity index (χ0) is 17.5. The molecule has 0 radical (unpaired) electrons. The van der Waals surface area contributed by atoms with E-state index in [1.165, 1.54) is 0 Å². The highest BCUT2D eigenvalue weighted by molar-refractivity contribution is 5.93. The number of benzene rings is 1. The van der Waals surface area contributed by atoms with E-state index < -0.39 is 0 Å². The maximum atomic E-state index is 12.2. The first-order valence-corrected chi connectivity index (χ1v) is 8.42. The van der Waals surface area contributed by atoms with Gasteiger partial charge in [-0.05, 0) is 43.0 Å². The van der Waals surface area contributed by atoms with Gasteiger partial charge in [0.25, 0.3) is 5.91 Å². The summed E-state index contributed by atoms with van der Waals surface area (Å²) >= 11 is 0. The number of hydrogen-bond donors (Lipinski definition) is 1. The predicted molar refractivity (Wildman–Crippen MR) is 93.3 cm³/mol. The van der Waals surface area contributed by atoms with E-state index in [0.717, 1.165) is 12.8 Å². The van der Waals surface area contributed by atoms with Gasteiger partial charge in [-0.3, -0.25) is 9.78 Å². The fourth-order valence-corrected chi connectivity index (χ4v) is 2.82. The fraction of sp³-hybridized carbons (Fsp3) is 0.316. The Balaban J connectivity index is 1.41. The van der Waals surface area contributed by atoms with Crippen molar-refractivity contribution in [1.29, 1.82) is 0 Å². The van der Waals surface area contributed by atoms with Crippen LogP contribution in [0.3, 0.4) is 0 Å². The van der Waals surface area contributed by atoms with Crippen LogP contribution in [0.4, 0.5) is 4.79 Å². The highest BCUT2D eigenvalue weighted by Crippen LogP contribution is 2.18. The first-order valence-electron chi connectivity index (χ1n) is 8.42. The van der Waals surface area contributed by atoms with Crippen molar-refractivity contribution < 1.29 is 14.3 Å². The van der Waals surface area contributed by atoms with Gasteiger partial charge in [0, 0.05) is 37.6 Å². The Bertz CT molecular complexity index is 698. The van der Waals surface area contributed by atoms with Gasteiger partial charge in [0.15, 0.2) is 0 Å². The van der Waals surface area contributed by atoms with E-state index in [-0.39, 0.29) is 12.0 Å². The van der Waals surface area contributed by atoms with Crippen molar-refractivity contribution in [2.24, 2.45) is 5.92 Å². The predicted octanol–water partition coefficient (Wildman–Crippen LogP) is 2.72. The lowest BCUT2D eigenvalue weighted by molar-refractivity contribution is 0.0931. The number of amides is 2. The molecule has 6 heteroatoms. The lowest BCUT2D eigenvalue weighted by atomic mass is 9.97. The molecule has 2 amide bonds. The molecule has 1 fully saturated rings. The fourth-order valence-electron chi connectivity index (χ4n) is 2.82. The zero-order valence-corrected chi connectivity index (χ0v) is 13.9. The van der Waals surface area contributed by atoms with Gasteiger partial charge in [0.2, 0.25) is 0 Å². The van der Waals surface area contributed by atoms with E-state index in [2.05, 4.69) is 10.3 Å². The van der Waals surface area contributed by atoms with Crippen LogP contribution in [0.25, 0.3) is 0 Å². The molecule has 0 bridgehead atoms. The number of hydrogen-bond acceptors (Lipinski definition) is 4. The highest BCUT2D eigenvalue weighted by Gasteiger charge is 2.24. The molecule has 1 N–H and O–H groups in total. The van der Waals surface area contributed by atoms with Gasteiger partial charge < -0.3 is 15.0 Å². The van der Waals surface area contributed by atoms with Crippen molar-refractivity contribution in [2.75, 3.05) is 19.6 Å². The minimum atomic E-state index is -0.314. The third-order valence-corrected chi connectivity index (χ3v) is 4.31. The Morgan fingerprint density at radius 2 is 1.76 bits per heavy atom. The normalized spacial score (nSPS) is 14.8. The van der Waals surface area contributed by atoms with Crippen molar-refractivity contribution in [3.8, 4) is 5.75 Å². The van der Waals surface area contributed by atoms with Gasteiger partial charge in [-0.2, -0.15) is 0 Å². The average molecular weight is 339 g/mol. The van der Waals surface area contributed by atoms with Crippen molar-refractivity contribution in [3.63, 3.8) is 0 Å². The molecule has 130 valence electrons. The number of carbonyl (C=O) groups is 2. The van der Waals surface area contributed by atoms with Crippen molar-refractivity contribution in [2.45, 2.75) is 12.8 Å². The Hall–Kier alpha value is -2.89. The minimum absolute atomic E-state index is 0.0895. The summed E-state index contributed by atoms with van der Waals surface area (Å²) in [4.78, 5) is 29.8. The molecular weight excluding hydrogens is 318 g/mol. The monoisotopic (exact) mass is 339 g/mol. The molecule has 1 aliphatic heterocycles. The van der Waals surface area contributed by atoms with Gasteiger partial charge in [0.1, 0.15) is 5.75 Å². The van der Waals surface area contributed by atoms with Gasteiger partial charge in [0.05, 0.1) is 0 Å². The van der Waals surface area contributed by atoms with Crippen LogP contribution < -0.4 is 10.1 Å². The highest BCUT2D eigenvalue weighted by atomic mass is 16.6. The quantitative estimate of drug-likeness (QED) is 0.930. The number of rotatable bonds is 4. The van der Waals surface area contributed by atoms with Crippen LogP contribution in [-0.2, 0) is 0 Å². The number of pyridine rings is 1.